The highest BCUT2D eigenvalue weighted by atomic mass is 32.1. The predicted molar refractivity (Wildman–Crippen MR) is 194 cm³/mol. The number of para-hydroxylation sites is 2. The lowest BCUT2D eigenvalue weighted by molar-refractivity contribution is 0.669. The standard InChI is InChI=1S/C42H23N3OS/c43-22-25-9-15-41-35(17-25)36-20-27(11-16-42(36)47-41)29-18-28(23-44-24-29)26-10-13-39-33(19-26)34-21-30(12-14-40(34)46-39)45-37-7-3-1-5-31(37)32-6-2-4-8-38(32)45/h1-21,23-24H. The number of furan rings is 1. The molecule has 0 saturated carbocycles. The lowest BCUT2D eigenvalue weighted by Crippen LogP contribution is -1.93. The summed E-state index contributed by atoms with van der Waals surface area (Å²) in [6.45, 7) is 0. The molecule has 0 amide bonds. The second kappa shape index (κ2) is 9.89. The van der Waals surface area contributed by atoms with Gasteiger partial charge in [-0.1, -0.05) is 48.5 Å². The van der Waals surface area contributed by atoms with Gasteiger partial charge in [-0.3, -0.25) is 4.98 Å². The van der Waals surface area contributed by atoms with E-state index in [2.05, 4.69) is 125 Å². The SMILES string of the molecule is N#Cc1ccc2sc3ccc(-c4cncc(-c5ccc6oc7ccc(-n8c9ccccc9c9ccccc98)cc7c6c5)c4)cc3c2c1. The van der Waals surface area contributed by atoms with Crippen LogP contribution in [0.2, 0.25) is 0 Å². The first-order chi connectivity index (χ1) is 23.2. The van der Waals surface area contributed by atoms with Crippen LogP contribution in [0.4, 0.5) is 0 Å². The molecular weight excluding hydrogens is 595 g/mol. The van der Waals surface area contributed by atoms with Gasteiger partial charge in [0.15, 0.2) is 0 Å². The molecule has 0 aliphatic rings. The van der Waals surface area contributed by atoms with Crippen molar-refractivity contribution in [2.45, 2.75) is 0 Å². The van der Waals surface area contributed by atoms with Crippen LogP contribution < -0.4 is 0 Å². The molecule has 47 heavy (non-hydrogen) atoms. The summed E-state index contributed by atoms with van der Waals surface area (Å²) >= 11 is 1.75. The minimum atomic E-state index is 0.676. The quantitative estimate of drug-likeness (QED) is 0.198. The summed E-state index contributed by atoms with van der Waals surface area (Å²) in [7, 11) is 0. The molecule has 4 aromatic heterocycles. The molecule has 0 saturated heterocycles. The van der Waals surface area contributed by atoms with Crippen molar-refractivity contribution in [1.29, 1.82) is 5.26 Å². The zero-order valence-electron chi connectivity index (χ0n) is 24.9. The van der Waals surface area contributed by atoms with Gasteiger partial charge in [0.05, 0.1) is 22.7 Å². The molecule has 0 aliphatic heterocycles. The highest BCUT2D eigenvalue weighted by molar-refractivity contribution is 7.25. The first-order valence-corrected chi connectivity index (χ1v) is 16.3. The third kappa shape index (κ3) is 3.96. The van der Waals surface area contributed by atoms with E-state index in [9.17, 15) is 5.26 Å². The molecule has 0 unspecified atom stereocenters. The fraction of sp³-hybridized carbons (Fsp3) is 0. The Hall–Kier alpha value is -6.22. The van der Waals surface area contributed by atoms with Crippen LogP contribution >= 0.6 is 11.3 Å². The number of aromatic nitrogens is 2. The number of hydrogen-bond acceptors (Lipinski definition) is 4. The molecule has 5 heteroatoms. The second-order valence-electron chi connectivity index (χ2n) is 12.0. The summed E-state index contributed by atoms with van der Waals surface area (Å²) in [5.74, 6) is 0. The number of rotatable bonds is 3. The van der Waals surface area contributed by atoms with Crippen LogP contribution in [0, 0.1) is 11.3 Å². The van der Waals surface area contributed by atoms with Crippen molar-refractivity contribution < 1.29 is 4.42 Å². The van der Waals surface area contributed by atoms with Crippen molar-refractivity contribution in [3.8, 4) is 34.0 Å². The van der Waals surface area contributed by atoms with Crippen molar-refractivity contribution in [3.05, 3.63) is 145 Å². The monoisotopic (exact) mass is 617 g/mol. The molecule has 0 aliphatic carbocycles. The minimum Gasteiger partial charge on any atom is -0.456 e. The van der Waals surface area contributed by atoms with E-state index in [0.29, 0.717) is 5.56 Å². The van der Waals surface area contributed by atoms with Crippen LogP contribution in [0.5, 0.6) is 0 Å². The molecule has 10 aromatic rings. The average molecular weight is 618 g/mol. The molecule has 0 bridgehead atoms. The molecule has 4 nitrogen and oxygen atoms in total. The third-order valence-electron chi connectivity index (χ3n) is 9.29. The molecule has 0 fully saturated rings. The second-order valence-corrected chi connectivity index (χ2v) is 13.0. The first kappa shape index (κ1) is 26.0. The van der Waals surface area contributed by atoms with Gasteiger partial charge in [-0.05, 0) is 90.0 Å². The van der Waals surface area contributed by atoms with Gasteiger partial charge in [0.2, 0.25) is 0 Å². The fourth-order valence-electron chi connectivity index (χ4n) is 7.07. The number of hydrogen-bond donors (Lipinski definition) is 0. The molecule has 0 radical (unpaired) electrons. The zero-order valence-corrected chi connectivity index (χ0v) is 25.8. The maximum Gasteiger partial charge on any atom is 0.135 e. The fourth-order valence-corrected chi connectivity index (χ4v) is 8.13. The van der Waals surface area contributed by atoms with Gasteiger partial charge in [-0.2, -0.15) is 5.26 Å². The van der Waals surface area contributed by atoms with E-state index in [1.54, 1.807) is 11.3 Å². The van der Waals surface area contributed by atoms with Crippen LogP contribution in [0.25, 0.3) is 91.9 Å². The Morgan fingerprint density at radius 3 is 1.85 bits per heavy atom. The van der Waals surface area contributed by atoms with Gasteiger partial charge in [0.1, 0.15) is 11.2 Å². The van der Waals surface area contributed by atoms with E-state index in [1.807, 2.05) is 30.6 Å². The number of nitriles is 1. The van der Waals surface area contributed by atoms with Crippen LogP contribution in [0.1, 0.15) is 5.56 Å². The summed E-state index contributed by atoms with van der Waals surface area (Å²) in [6, 6.07) is 47.0. The normalized spacial score (nSPS) is 11.8. The van der Waals surface area contributed by atoms with Gasteiger partial charge < -0.3 is 8.98 Å². The summed E-state index contributed by atoms with van der Waals surface area (Å²) in [4.78, 5) is 4.66. The number of pyridine rings is 1. The Morgan fingerprint density at radius 1 is 0.532 bits per heavy atom. The highest BCUT2D eigenvalue weighted by Gasteiger charge is 2.15. The summed E-state index contributed by atoms with van der Waals surface area (Å²) in [6.07, 6.45) is 3.85. The molecule has 0 spiro atoms. The van der Waals surface area contributed by atoms with Gasteiger partial charge in [0.25, 0.3) is 0 Å². The predicted octanol–water partition coefficient (Wildman–Crippen LogP) is 11.7. The highest BCUT2D eigenvalue weighted by Crippen LogP contribution is 2.39. The van der Waals surface area contributed by atoms with Crippen molar-refractivity contribution in [3.63, 3.8) is 0 Å². The Kier molecular flexibility index (Phi) is 5.48. The van der Waals surface area contributed by atoms with E-state index in [-0.39, 0.29) is 0 Å². The van der Waals surface area contributed by atoms with Crippen LogP contribution in [-0.2, 0) is 0 Å². The van der Waals surface area contributed by atoms with Gasteiger partial charge in [-0.25, -0.2) is 0 Å². The van der Waals surface area contributed by atoms with Crippen molar-refractivity contribution in [2.75, 3.05) is 0 Å². The van der Waals surface area contributed by atoms with E-state index >= 15 is 0 Å². The minimum absolute atomic E-state index is 0.676. The first-order valence-electron chi connectivity index (χ1n) is 15.5. The maximum atomic E-state index is 9.46. The molecule has 6 aromatic carbocycles. The van der Waals surface area contributed by atoms with E-state index in [4.69, 9.17) is 4.42 Å². The van der Waals surface area contributed by atoms with Crippen LogP contribution in [-0.4, -0.2) is 9.55 Å². The summed E-state index contributed by atoms with van der Waals surface area (Å²) in [5.41, 5.74) is 10.1. The molecule has 0 N–H and O–H groups in total. The molecule has 4 heterocycles. The van der Waals surface area contributed by atoms with Crippen LogP contribution in [0.3, 0.4) is 0 Å². The smallest absolute Gasteiger partial charge is 0.135 e. The van der Waals surface area contributed by atoms with Gasteiger partial charge in [-0.15, -0.1) is 11.3 Å². The van der Waals surface area contributed by atoms with Crippen molar-refractivity contribution in [2.24, 2.45) is 0 Å². The Balaban J connectivity index is 1.10. The van der Waals surface area contributed by atoms with Crippen LogP contribution in [0.15, 0.2) is 144 Å². The van der Waals surface area contributed by atoms with E-state index in [0.717, 1.165) is 60.7 Å². The summed E-state index contributed by atoms with van der Waals surface area (Å²) in [5, 5.41) is 16.4. The molecule has 10 rings (SSSR count). The Morgan fingerprint density at radius 2 is 1.13 bits per heavy atom. The van der Waals surface area contributed by atoms with Gasteiger partial charge in [0, 0.05) is 70.9 Å². The van der Waals surface area contributed by atoms with E-state index < -0.39 is 0 Å². The largest absolute Gasteiger partial charge is 0.456 e. The molecule has 0 atom stereocenters. The summed E-state index contributed by atoms with van der Waals surface area (Å²) < 4.78 is 11.1. The molecule has 218 valence electrons. The molecular formula is C42H23N3OS. The lowest BCUT2D eigenvalue weighted by Gasteiger charge is -2.08. The van der Waals surface area contributed by atoms with Crippen molar-refractivity contribution in [1.82, 2.24) is 9.55 Å². The lowest BCUT2D eigenvalue weighted by atomic mass is 9.99. The Bertz CT molecular complexity index is 2880. The number of thiophene rings is 1. The number of benzene rings is 6. The number of nitrogens with zero attached hydrogens (tertiary/aromatic N) is 3. The Labute approximate surface area is 273 Å². The van der Waals surface area contributed by atoms with E-state index in [1.165, 1.54) is 31.2 Å². The third-order valence-corrected chi connectivity index (χ3v) is 10.4. The van der Waals surface area contributed by atoms with Crippen molar-refractivity contribution >= 4 is 75.3 Å². The topological polar surface area (TPSA) is 54.8 Å². The van der Waals surface area contributed by atoms with Gasteiger partial charge >= 0.3 is 0 Å². The number of fused-ring (bicyclic) bond motifs is 9. The maximum absolute atomic E-state index is 9.46. The average Bonchev–Trinajstić information content (AvgIpc) is 3.80. The zero-order chi connectivity index (χ0) is 31.1.